The van der Waals surface area contributed by atoms with Crippen LogP contribution in [0.4, 0.5) is 4.39 Å². The Bertz CT molecular complexity index is 836. The summed E-state index contributed by atoms with van der Waals surface area (Å²) in [6.07, 6.45) is 4.50. The van der Waals surface area contributed by atoms with Crippen LogP contribution in [0, 0.1) is 5.82 Å². The fraction of sp³-hybridized carbons (Fsp3) is 0.222. The highest BCUT2D eigenvalue weighted by Crippen LogP contribution is 2.14. The molecule has 0 saturated carbocycles. The molecule has 0 aliphatic carbocycles. The van der Waals surface area contributed by atoms with Crippen LogP contribution in [0.1, 0.15) is 17.9 Å². The molecule has 3 aromatic rings. The van der Waals surface area contributed by atoms with Crippen molar-refractivity contribution in [2.45, 2.75) is 19.3 Å². The highest BCUT2D eigenvalue weighted by Gasteiger charge is 2.10. The molecule has 0 aliphatic rings. The molecule has 7 heteroatoms. The van der Waals surface area contributed by atoms with Gasteiger partial charge in [-0.15, -0.1) is 0 Å². The van der Waals surface area contributed by atoms with Gasteiger partial charge in [-0.25, -0.2) is 4.39 Å². The molecule has 0 radical (unpaired) electrons. The van der Waals surface area contributed by atoms with E-state index in [1.54, 1.807) is 30.6 Å². The molecule has 0 atom stereocenters. The lowest BCUT2D eigenvalue weighted by atomic mass is 10.1. The molecular formula is C18H17FN4O2. The summed E-state index contributed by atoms with van der Waals surface area (Å²) in [7, 11) is 0. The molecule has 0 saturated heterocycles. The lowest BCUT2D eigenvalue weighted by Crippen LogP contribution is -2.25. The van der Waals surface area contributed by atoms with Gasteiger partial charge in [0.1, 0.15) is 5.82 Å². The molecule has 25 heavy (non-hydrogen) atoms. The number of nitrogens with one attached hydrogen (secondary N) is 1. The Morgan fingerprint density at radius 1 is 1.16 bits per heavy atom. The number of nitrogens with zero attached hydrogens (tertiary/aromatic N) is 3. The first-order chi connectivity index (χ1) is 12.2. The maximum Gasteiger partial charge on any atom is 0.227 e. The third-order valence-corrected chi connectivity index (χ3v) is 3.60. The maximum atomic E-state index is 13.1. The number of aromatic nitrogens is 3. The van der Waals surface area contributed by atoms with Gasteiger partial charge in [0.05, 0.1) is 0 Å². The van der Waals surface area contributed by atoms with Crippen LogP contribution in [-0.4, -0.2) is 27.6 Å². The number of pyridine rings is 1. The van der Waals surface area contributed by atoms with Gasteiger partial charge in [-0.3, -0.25) is 9.78 Å². The van der Waals surface area contributed by atoms with Crippen molar-refractivity contribution in [2.24, 2.45) is 0 Å². The van der Waals surface area contributed by atoms with Crippen molar-refractivity contribution in [1.82, 2.24) is 20.4 Å². The highest BCUT2D eigenvalue weighted by atomic mass is 19.1. The first kappa shape index (κ1) is 16.8. The summed E-state index contributed by atoms with van der Waals surface area (Å²) in [5.74, 6) is 0.501. The first-order valence-electron chi connectivity index (χ1n) is 7.95. The van der Waals surface area contributed by atoms with Crippen molar-refractivity contribution < 1.29 is 13.7 Å². The van der Waals surface area contributed by atoms with E-state index in [4.69, 9.17) is 4.52 Å². The van der Waals surface area contributed by atoms with Crippen LogP contribution >= 0.6 is 0 Å². The predicted molar refractivity (Wildman–Crippen MR) is 89.0 cm³/mol. The zero-order valence-electron chi connectivity index (χ0n) is 13.5. The van der Waals surface area contributed by atoms with Crippen molar-refractivity contribution in [2.75, 3.05) is 6.54 Å². The molecule has 3 rings (SSSR count). The Morgan fingerprint density at radius 3 is 2.80 bits per heavy atom. The zero-order chi connectivity index (χ0) is 17.5. The third-order valence-electron chi connectivity index (χ3n) is 3.60. The molecule has 0 spiro atoms. The summed E-state index contributed by atoms with van der Waals surface area (Å²) in [6, 6.07) is 9.91. The number of aryl methyl sites for hydroxylation is 1. The molecule has 128 valence electrons. The lowest BCUT2D eigenvalue weighted by molar-refractivity contribution is -0.121. The molecule has 1 amide bonds. The largest absolute Gasteiger partial charge is 0.356 e. The second-order valence-electron chi connectivity index (χ2n) is 5.48. The molecule has 0 unspecified atom stereocenters. The lowest BCUT2D eigenvalue weighted by Gasteiger charge is -2.04. The van der Waals surface area contributed by atoms with Crippen LogP contribution in [0.3, 0.4) is 0 Å². The zero-order valence-corrected chi connectivity index (χ0v) is 13.5. The number of halogens is 1. The maximum absolute atomic E-state index is 13.1. The fourth-order valence-corrected chi connectivity index (χ4v) is 2.32. The monoisotopic (exact) mass is 340 g/mol. The van der Waals surface area contributed by atoms with Crippen molar-refractivity contribution in [3.8, 4) is 11.4 Å². The van der Waals surface area contributed by atoms with Crippen molar-refractivity contribution >= 4 is 5.91 Å². The van der Waals surface area contributed by atoms with Gasteiger partial charge in [-0.2, -0.15) is 4.98 Å². The van der Waals surface area contributed by atoms with Gasteiger partial charge in [0, 0.05) is 37.3 Å². The van der Waals surface area contributed by atoms with Gasteiger partial charge >= 0.3 is 0 Å². The SMILES string of the molecule is O=C(CCc1nc(-c2ccncc2)no1)NCCc1cccc(F)c1. The van der Waals surface area contributed by atoms with E-state index in [1.807, 2.05) is 6.07 Å². The highest BCUT2D eigenvalue weighted by molar-refractivity contribution is 5.76. The van der Waals surface area contributed by atoms with E-state index >= 15 is 0 Å². The molecule has 1 N–H and O–H groups in total. The van der Waals surface area contributed by atoms with Crippen molar-refractivity contribution in [1.29, 1.82) is 0 Å². The van der Waals surface area contributed by atoms with Gasteiger partial charge in [0.25, 0.3) is 0 Å². The number of carbonyl (C=O) groups excluding carboxylic acids is 1. The van der Waals surface area contributed by atoms with Crippen molar-refractivity contribution in [3.63, 3.8) is 0 Å². The van der Waals surface area contributed by atoms with Crippen LogP contribution < -0.4 is 5.32 Å². The van der Waals surface area contributed by atoms with E-state index in [0.29, 0.717) is 31.1 Å². The number of hydrogen-bond donors (Lipinski definition) is 1. The Morgan fingerprint density at radius 2 is 2.00 bits per heavy atom. The van der Waals surface area contributed by atoms with E-state index in [1.165, 1.54) is 12.1 Å². The van der Waals surface area contributed by atoms with Crippen molar-refractivity contribution in [3.05, 3.63) is 66.1 Å². The van der Waals surface area contributed by atoms with Gasteiger partial charge in [-0.1, -0.05) is 17.3 Å². The van der Waals surface area contributed by atoms with Gasteiger partial charge in [0.15, 0.2) is 0 Å². The summed E-state index contributed by atoms with van der Waals surface area (Å²) in [6.45, 7) is 0.453. The molecule has 2 aromatic heterocycles. The Kier molecular flexibility index (Phi) is 5.46. The van der Waals surface area contributed by atoms with E-state index in [-0.39, 0.29) is 18.1 Å². The number of rotatable bonds is 7. The average Bonchev–Trinajstić information content (AvgIpc) is 3.10. The molecular weight excluding hydrogens is 323 g/mol. The van der Waals surface area contributed by atoms with Crippen LogP contribution in [0.2, 0.25) is 0 Å². The minimum atomic E-state index is -0.273. The Labute approximate surface area is 144 Å². The van der Waals surface area contributed by atoms with Crippen LogP contribution in [0.5, 0.6) is 0 Å². The van der Waals surface area contributed by atoms with Gasteiger partial charge < -0.3 is 9.84 Å². The quantitative estimate of drug-likeness (QED) is 0.715. The standard InChI is InChI=1S/C18H17FN4O2/c19-15-3-1-2-13(12-15)6-11-21-16(24)4-5-17-22-18(23-25-17)14-7-9-20-10-8-14/h1-3,7-10,12H,4-6,11H2,(H,21,24). The molecule has 0 fully saturated rings. The molecule has 0 aliphatic heterocycles. The van der Waals surface area contributed by atoms with E-state index in [0.717, 1.165) is 11.1 Å². The number of benzene rings is 1. The number of carbonyl (C=O) groups is 1. The van der Waals surface area contributed by atoms with Gasteiger partial charge in [0.2, 0.25) is 17.6 Å². The molecule has 0 bridgehead atoms. The van der Waals surface area contributed by atoms with E-state index in [9.17, 15) is 9.18 Å². The van der Waals surface area contributed by atoms with E-state index < -0.39 is 0 Å². The second kappa shape index (κ2) is 8.14. The van der Waals surface area contributed by atoms with Crippen LogP contribution in [0.15, 0.2) is 53.3 Å². The summed E-state index contributed by atoms with van der Waals surface area (Å²) in [5, 5.41) is 6.69. The smallest absolute Gasteiger partial charge is 0.227 e. The molecule has 1 aromatic carbocycles. The second-order valence-corrected chi connectivity index (χ2v) is 5.48. The summed E-state index contributed by atoms with van der Waals surface area (Å²) in [4.78, 5) is 20.1. The van der Waals surface area contributed by atoms with Crippen LogP contribution in [-0.2, 0) is 17.6 Å². The Hall–Kier alpha value is -3.09. The number of hydrogen-bond acceptors (Lipinski definition) is 5. The third kappa shape index (κ3) is 4.94. The number of amides is 1. The normalized spacial score (nSPS) is 10.6. The van der Waals surface area contributed by atoms with Crippen LogP contribution in [0.25, 0.3) is 11.4 Å². The Balaban J connectivity index is 1.43. The molecule has 2 heterocycles. The summed E-state index contributed by atoms with van der Waals surface area (Å²) >= 11 is 0. The topological polar surface area (TPSA) is 80.9 Å². The summed E-state index contributed by atoms with van der Waals surface area (Å²) < 4.78 is 18.2. The minimum absolute atomic E-state index is 0.111. The summed E-state index contributed by atoms with van der Waals surface area (Å²) in [5.41, 5.74) is 1.66. The minimum Gasteiger partial charge on any atom is -0.356 e. The first-order valence-corrected chi connectivity index (χ1v) is 7.95. The van der Waals surface area contributed by atoms with E-state index in [2.05, 4.69) is 20.4 Å². The average molecular weight is 340 g/mol. The predicted octanol–water partition coefficient (Wildman–Crippen LogP) is 2.56. The molecule has 6 nitrogen and oxygen atoms in total. The fourth-order valence-electron chi connectivity index (χ4n) is 2.32. The van der Waals surface area contributed by atoms with Gasteiger partial charge in [-0.05, 0) is 36.2 Å².